The highest BCUT2D eigenvalue weighted by atomic mass is 19.2. The number of hydrogen-bond acceptors (Lipinski definition) is 3. The average molecular weight is 276 g/mol. The van der Waals surface area contributed by atoms with Crippen LogP contribution >= 0.6 is 0 Å². The van der Waals surface area contributed by atoms with E-state index in [1.807, 2.05) is 0 Å². The lowest BCUT2D eigenvalue weighted by Crippen LogP contribution is -2.46. The van der Waals surface area contributed by atoms with Crippen molar-refractivity contribution in [2.24, 2.45) is 11.8 Å². The SMILES string of the molecule is OC1CCC(C2CCC3(CC2)OCCO3)C(F)C1F. The molecule has 1 heterocycles. The van der Waals surface area contributed by atoms with Gasteiger partial charge in [0.15, 0.2) is 12.0 Å². The molecule has 4 atom stereocenters. The first-order valence-electron chi connectivity index (χ1n) is 7.35. The Morgan fingerprint density at radius 2 is 1.53 bits per heavy atom. The highest BCUT2D eigenvalue weighted by molar-refractivity contribution is 4.94. The van der Waals surface area contributed by atoms with Crippen molar-refractivity contribution in [2.75, 3.05) is 13.2 Å². The van der Waals surface area contributed by atoms with Crippen molar-refractivity contribution in [3.05, 3.63) is 0 Å². The number of rotatable bonds is 1. The fourth-order valence-corrected chi connectivity index (χ4v) is 3.92. The molecule has 0 aromatic heterocycles. The predicted octanol–water partition coefficient (Wildman–Crippen LogP) is 2.37. The van der Waals surface area contributed by atoms with E-state index in [0.29, 0.717) is 26.1 Å². The number of ether oxygens (including phenoxy) is 2. The Kier molecular flexibility index (Phi) is 3.80. The summed E-state index contributed by atoms with van der Waals surface area (Å²) in [5, 5.41) is 9.38. The first-order chi connectivity index (χ1) is 9.11. The molecule has 110 valence electrons. The molecule has 0 amide bonds. The number of aliphatic hydroxyl groups excluding tert-OH is 1. The monoisotopic (exact) mass is 276 g/mol. The molecule has 1 spiro atoms. The van der Waals surface area contributed by atoms with Crippen molar-refractivity contribution in [2.45, 2.75) is 62.8 Å². The van der Waals surface area contributed by atoms with Crippen molar-refractivity contribution < 1.29 is 23.4 Å². The highest BCUT2D eigenvalue weighted by Gasteiger charge is 2.47. The third-order valence-electron chi connectivity index (χ3n) is 5.09. The molecule has 0 bridgehead atoms. The molecule has 0 radical (unpaired) electrons. The molecule has 1 N–H and O–H groups in total. The van der Waals surface area contributed by atoms with Crippen LogP contribution in [-0.2, 0) is 9.47 Å². The third-order valence-corrected chi connectivity index (χ3v) is 5.09. The van der Waals surface area contributed by atoms with E-state index in [9.17, 15) is 13.9 Å². The van der Waals surface area contributed by atoms with Gasteiger partial charge in [0.1, 0.15) is 6.17 Å². The first kappa shape index (κ1) is 13.7. The number of halogens is 2. The number of aliphatic hydroxyl groups is 1. The summed E-state index contributed by atoms with van der Waals surface area (Å²) in [6.07, 6.45) is -0.185. The Morgan fingerprint density at radius 1 is 0.895 bits per heavy atom. The fourth-order valence-electron chi connectivity index (χ4n) is 3.92. The van der Waals surface area contributed by atoms with Crippen molar-refractivity contribution in [3.63, 3.8) is 0 Å². The second-order valence-corrected chi connectivity index (χ2v) is 6.14. The maximum Gasteiger partial charge on any atom is 0.168 e. The first-order valence-corrected chi connectivity index (χ1v) is 7.35. The minimum absolute atomic E-state index is 0.194. The van der Waals surface area contributed by atoms with Gasteiger partial charge < -0.3 is 14.6 Å². The molecule has 3 nitrogen and oxygen atoms in total. The minimum atomic E-state index is -1.71. The Balaban J connectivity index is 1.59. The molecule has 1 saturated heterocycles. The molecule has 3 fully saturated rings. The number of hydrogen-bond donors (Lipinski definition) is 1. The summed E-state index contributed by atoms with van der Waals surface area (Å²) in [5.74, 6) is -0.498. The van der Waals surface area contributed by atoms with Gasteiger partial charge in [-0.2, -0.15) is 0 Å². The normalized spacial score (nSPS) is 43.7. The Labute approximate surface area is 112 Å². The Hall–Kier alpha value is -0.260. The molecule has 0 aromatic rings. The van der Waals surface area contributed by atoms with E-state index < -0.39 is 24.2 Å². The largest absolute Gasteiger partial charge is 0.390 e. The molecule has 19 heavy (non-hydrogen) atoms. The van der Waals surface area contributed by atoms with Crippen LogP contribution in [0.15, 0.2) is 0 Å². The van der Waals surface area contributed by atoms with Gasteiger partial charge in [-0.3, -0.25) is 0 Å². The maximum absolute atomic E-state index is 14.0. The number of alkyl halides is 2. The Bertz CT molecular complexity index is 310. The molecule has 5 heteroatoms. The van der Waals surface area contributed by atoms with Crippen LogP contribution in [-0.4, -0.2) is 42.6 Å². The van der Waals surface area contributed by atoms with Gasteiger partial charge >= 0.3 is 0 Å². The Morgan fingerprint density at radius 3 is 2.16 bits per heavy atom. The van der Waals surface area contributed by atoms with Crippen molar-refractivity contribution >= 4 is 0 Å². The summed E-state index contributed by atoms with van der Waals surface area (Å²) < 4.78 is 38.9. The third kappa shape index (κ3) is 2.52. The second kappa shape index (κ2) is 5.26. The van der Waals surface area contributed by atoms with E-state index >= 15 is 0 Å². The van der Waals surface area contributed by atoms with E-state index in [0.717, 1.165) is 25.7 Å². The van der Waals surface area contributed by atoms with Gasteiger partial charge in [-0.15, -0.1) is 0 Å². The summed E-state index contributed by atoms with van der Waals surface area (Å²) in [7, 11) is 0. The van der Waals surface area contributed by atoms with E-state index in [-0.39, 0.29) is 11.8 Å². The summed E-state index contributed by atoms with van der Waals surface area (Å²) >= 11 is 0. The molecule has 2 aliphatic carbocycles. The highest BCUT2D eigenvalue weighted by Crippen LogP contribution is 2.45. The van der Waals surface area contributed by atoms with Gasteiger partial charge in [-0.05, 0) is 37.5 Å². The van der Waals surface area contributed by atoms with Crippen molar-refractivity contribution in [1.29, 1.82) is 0 Å². The zero-order chi connectivity index (χ0) is 13.5. The van der Waals surface area contributed by atoms with Crippen LogP contribution in [0.4, 0.5) is 8.78 Å². The van der Waals surface area contributed by atoms with E-state index in [1.54, 1.807) is 0 Å². The minimum Gasteiger partial charge on any atom is -0.390 e. The van der Waals surface area contributed by atoms with Crippen LogP contribution in [0.25, 0.3) is 0 Å². The molecule has 4 unspecified atom stereocenters. The standard InChI is InChI=1S/C14H22F2O3/c15-12-10(1-2-11(17)13(12)16)9-3-5-14(6-4-9)18-7-8-19-14/h9-13,17H,1-8H2. The maximum atomic E-state index is 14.0. The lowest BCUT2D eigenvalue weighted by molar-refractivity contribution is -0.188. The molecular formula is C14H22F2O3. The van der Waals surface area contributed by atoms with Crippen LogP contribution < -0.4 is 0 Å². The summed E-state index contributed by atoms with van der Waals surface area (Å²) in [5.41, 5.74) is 0. The van der Waals surface area contributed by atoms with Crippen molar-refractivity contribution in [1.82, 2.24) is 0 Å². The topological polar surface area (TPSA) is 38.7 Å². The fraction of sp³-hybridized carbons (Fsp3) is 1.00. The smallest absolute Gasteiger partial charge is 0.168 e. The lowest BCUT2D eigenvalue weighted by Gasteiger charge is -2.42. The molecule has 3 rings (SSSR count). The van der Waals surface area contributed by atoms with Gasteiger partial charge in [0.2, 0.25) is 0 Å². The van der Waals surface area contributed by atoms with Crippen LogP contribution in [0.2, 0.25) is 0 Å². The average Bonchev–Trinajstić information content (AvgIpc) is 2.86. The molecule has 1 aliphatic heterocycles. The molecule has 0 aromatic carbocycles. The quantitative estimate of drug-likeness (QED) is 0.799. The summed E-state index contributed by atoms with van der Waals surface area (Å²) in [6, 6.07) is 0. The van der Waals surface area contributed by atoms with E-state index in [4.69, 9.17) is 9.47 Å². The summed E-state index contributed by atoms with van der Waals surface area (Å²) in [4.78, 5) is 0. The van der Waals surface area contributed by atoms with Gasteiger partial charge in [0.25, 0.3) is 0 Å². The van der Waals surface area contributed by atoms with Gasteiger partial charge in [0.05, 0.1) is 19.3 Å². The molecular weight excluding hydrogens is 254 g/mol. The van der Waals surface area contributed by atoms with E-state index in [1.165, 1.54) is 0 Å². The van der Waals surface area contributed by atoms with Crippen LogP contribution in [0.5, 0.6) is 0 Å². The van der Waals surface area contributed by atoms with Crippen LogP contribution in [0, 0.1) is 11.8 Å². The summed E-state index contributed by atoms with van der Waals surface area (Å²) in [6.45, 7) is 1.27. The second-order valence-electron chi connectivity index (χ2n) is 6.14. The van der Waals surface area contributed by atoms with Gasteiger partial charge in [0, 0.05) is 12.8 Å². The lowest BCUT2D eigenvalue weighted by atomic mass is 9.70. The van der Waals surface area contributed by atoms with Gasteiger partial charge in [-0.25, -0.2) is 8.78 Å². The zero-order valence-corrected chi connectivity index (χ0v) is 11.1. The molecule has 3 aliphatic rings. The van der Waals surface area contributed by atoms with E-state index in [2.05, 4.69) is 0 Å². The van der Waals surface area contributed by atoms with Crippen molar-refractivity contribution in [3.8, 4) is 0 Å². The zero-order valence-electron chi connectivity index (χ0n) is 11.1. The van der Waals surface area contributed by atoms with Crippen LogP contribution in [0.1, 0.15) is 38.5 Å². The van der Waals surface area contributed by atoms with Gasteiger partial charge in [-0.1, -0.05) is 0 Å². The molecule has 2 saturated carbocycles. The predicted molar refractivity (Wildman–Crippen MR) is 65.1 cm³/mol. The van der Waals surface area contributed by atoms with Crippen LogP contribution in [0.3, 0.4) is 0 Å².